The fourth-order valence-corrected chi connectivity index (χ4v) is 5.23. The fraction of sp³-hybridized carbons (Fsp3) is 0.458. The van der Waals surface area contributed by atoms with E-state index in [1.807, 2.05) is 24.3 Å². The molecule has 1 N–H and O–H groups in total. The van der Waals surface area contributed by atoms with Crippen LogP contribution in [0.4, 0.5) is 5.69 Å². The molecule has 2 unspecified atom stereocenters. The number of rotatable bonds is 8. The maximum absolute atomic E-state index is 12.7. The molecule has 2 heterocycles. The molecule has 178 valence electrons. The van der Waals surface area contributed by atoms with Crippen LogP contribution < -0.4 is 5.32 Å². The van der Waals surface area contributed by atoms with Gasteiger partial charge in [0.25, 0.3) is 5.91 Å². The molecule has 9 heteroatoms. The Morgan fingerprint density at radius 3 is 2.48 bits per heavy atom. The lowest BCUT2D eigenvalue weighted by Gasteiger charge is -2.30. The second kappa shape index (κ2) is 10.9. The van der Waals surface area contributed by atoms with Crippen LogP contribution >= 0.6 is 0 Å². The first-order valence-corrected chi connectivity index (χ1v) is 12.7. The highest BCUT2D eigenvalue weighted by Crippen LogP contribution is 2.27. The standard InChI is InChI=1S/C24H31N3O5S/c1-4-17(2)21-9-5-6-10-22(21)26-23(28)18(3)32-24(29)19-11-14-27(15-12-19)33(30,31)20-8-7-13-25-16-20/h5-10,13,16-19H,4,11-12,14-15H2,1-3H3,(H,26,28). The average Bonchev–Trinajstić information content (AvgIpc) is 2.84. The van der Waals surface area contributed by atoms with E-state index in [0.717, 1.165) is 12.0 Å². The van der Waals surface area contributed by atoms with E-state index < -0.39 is 33.9 Å². The highest BCUT2D eigenvalue weighted by molar-refractivity contribution is 7.89. The summed E-state index contributed by atoms with van der Waals surface area (Å²) >= 11 is 0. The second-order valence-electron chi connectivity index (χ2n) is 8.33. The maximum atomic E-state index is 12.7. The predicted octanol–water partition coefficient (Wildman–Crippen LogP) is 3.57. The quantitative estimate of drug-likeness (QED) is 0.588. The van der Waals surface area contributed by atoms with Crippen molar-refractivity contribution in [2.45, 2.75) is 57.0 Å². The Balaban J connectivity index is 1.54. The van der Waals surface area contributed by atoms with Gasteiger partial charge in [-0.2, -0.15) is 4.31 Å². The number of nitrogens with one attached hydrogen (secondary N) is 1. The number of hydrogen-bond acceptors (Lipinski definition) is 6. The van der Waals surface area contributed by atoms with E-state index in [1.165, 1.54) is 22.8 Å². The Bertz CT molecular complexity index is 1070. The molecule has 1 aromatic carbocycles. The number of piperidine rings is 1. The van der Waals surface area contributed by atoms with Crippen LogP contribution in [0.5, 0.6) is 0 Å². The van der Waals surface area contributed by atoms with Gasteiger partial charge in [0.05, 0.1) is 5.92 Å². The van der Waals surface area contributed by atoms with Crippen LogP contribution in [-0.4, -0.2) is 48.8 Å². The third-order valence-electron chi connectivity index (χ3n) is 6.08. The summed E-state index contributed by atoms with van der Waals surface area (Å²) in [6.45, 7) is 6.14. The molecule has 1 aliphatic heterocycles. The van der Waals surface area contributed by atoms with Crippen LogP contribution in [0.25, 0.3) is 0 Å². The van der Waals surface area contributed by atoms with Crippen molar-refractivity contribution in [2.75, 3.05) is 18.4 Å². The van der Waals surface area contributed by atoms with Crippen LogP contribution in [0.15, 0.2) is 53.7 Å². The SMILES string of the molecule is CCC(C)c1ccccc1NC(=O)C(C)OC(=O)C1CCN(S(=O)(=O)c2cccnc2)CC1. The number of hydrogen-bond donors (Lipinski definition) is 1. The smallest absolute Gasteiger partial charge is 0.309 e. The summed E-state index contributed by atoms with van der Waals surface area (Å²) in [4.78, 5) is 29.3. The molecule has 33 heavy (non-hydrogen) atoms. The van der Waals surface area contributed by atoms with Gasteiger partial charge in [0, 0.05) is 31.2 Å². The number of ether oxygens (including phenoxy) is 1. The van der Waals surface area contributed by atoms with Gasteiger partial charge in [-0.1, -0.05) is 32.0 Å². The number of nitrogens with zero attached hydrogens (tertiary/aromatic N) is 2. The summed E-state index contributed by atoms with van der Waals surface area (Å²) in [6, 6.07) is 10.7. The molecule has 0 bridgehead atoms. The van der Waals surface area contributed by atoms with Crippen molar-refractivity contribution in [3.8, 4) is 0 Å². The summed E-state index contributed by atoms with van der Waals surface area (Å²) < 4.78 is 32.2. The van der Waals surface area contributed by atoms with E-state index in [2.05, 4.69) is 24.1 Å². The predicted molar refractivity (Wildman–Crippen MR) is 125 cm³/mol. The molecule has 0 saturated carbocycles. The zero-order chi connectivity index (χ0) is 24.0. The molecular formula is C24H31N3O5S. The van der Waals surface area contributed by atoms with Gasteiger partial charge in [-0.25, -0.2) is 8.42 Å². The molecular weight excluding hydrogens is 442 g/mol. The van der Waals surface area contributed by atoms with Crippen molar-refractivity contribution in [3.05, 3.63) is 54.4 Å². The molecule has 8 nitrogen and oxygen atoms in total. The van der Waals surface area contributed by atoms with E-state index in [9.17, 15) is 18.0 Å². The number of sulfonamides is 1. The number of pyridine rings is 1. The minimum atomic E-state index is -3.64. The van der Waals surface area contributed by atoms with Crippen molar-refractivity contribution in [1.29, 1.82) is 0 Å². The van der Waals surface area contributed by atoms with E-state index in [4.69, 9.17) is 4.74 Å². The summed E-state index contributed by atoms with van der Waals surface area (Å²) in [7, 11) is -3.64. The first kappa shape index (κ1) is 24.9. The molecule has 3 rings (SSSR count). The van der Waals surface area contributed by atoms with Crippen molar-refractivity contribution in [1.82, 2.24) is 9.29 Å². The third-order valence-corrected chi connectivity index (χ3v) is 7.97. The lowest BCUT2D eigenvalue weighted by atomic mass is 9.97. The second-order valence-corrected chi connectivity index (χ2v) is 10.3. The maximum Gasteiger partial charge on any atom is 0.309 e. The first-order chi connectivity index (χ1) is 15.7. The number of anilines is 1. The van der Waals surface area contributed by atoms with Crippen molar-refractivity contribution >= 4 is 27.6 Å². The third kappa shape index (κ3) is 5.97. The Hall–Kier alpha value is -2.78. The number of carbonyl (C=O) groups is 2. The zero-order valence-electron chi connectivity index (χ0n) is 19.2. The van der Waals surface area contributed by atoms with E-state index in [-0.39, 0.29) is 23.9 Å². The van der Waals surface area contributed by atoms with Gasteiger partial charge in [-0.3, -0.25) is 14.6 Å². The fourth-order valence-electron chi connectivity index (χ4n) is 3.80. The topological polar surface area (TPSA) is 106 Å². The van der Waals surface area contributed by atoms with Gasteiger partial charge in [0.1, 0.15) is 4.90 Å². The molecule has 2 atom stereocenters. The van der Waals surface area contributed by atoms with Gasteiger partial charge in [-0.15, -0.1) is 0 Å². The Kier molecular flexibility index (Phi) is 8.20. The van der Waals surface area contributed by atoms with E-state index in [0.29, 0.717) is 18.5 Å². The minimum absolute atomic E-state index is 0.133. The highest BCUT2D eigenvalue weighted by Gasteiger charge is 2.34. The van der Waals surface area contributed by atoms with Crippen molar-refractivity contribution in [3.63, 3.8) is 0 Å². The van der Waals surface area contributed by atoms with Crippen LogP contribution in [0.1, 0.15) is 51.5 Å². The Labute approximate surface area is 195 Å². The number of carbonyl (C=O) groups excluding carboxylic acids is 2. The van der Waals surface area contributed by atoms with Crippen LogP contribution in [-0.2, 0) is 24.3 Å². The monoisotopic (exact) mass is 473 g/mol. The van der Waals surface area contributed by atoms with Crippen molar-refractivity contribution in [2.24, 2.45) is 5.92 Å². The number of esters is 1. The molecule has 1 aromatic heterocycles. The number of amides is 1. The Morgan fingerprint density at radius 1 is 1.15 bits per heavy atom. The molecule has 1 amide bonds. The Morgan fingerprint density at radius 2 is 1.85 bits per heavy atom. The zero-order valence-corrected chi connectivity index (χ0v) is 20.0. The van der Waals surface area contributed by atoms with Gasteiger partial charge in [-0.05, 0) is 55.9 Å². The number of para-hydroxylation sites is 1. The van der Waals surface area contributed by atoms with Crippen LogP contribution in [0.3, 0.4) is 0 Å². The molecule has 2 aromatic rings. The van der Waals surface area contributed by atoms with Crippen LogP contribution in [0.2, 0.25) is 0 Å². The van der Waals surface area contributed by atoms with E-state index in [1.54, 1.807) is 13.0 Å². The summed E-state index contributed by atoms with van der Waals surface area (Å²) in [5.74, 6) is -1.04. The first-order valence-electron chi connectivity index (χ1n) is 11.2. The highest BCUT2D eigenvalue weighted by atomic mass is 32.2. The van der Waals surface area contributed by atoms with Gasteiger partial charge >= 0.3 is 5.97 Å². The van der Waals surface area contributed by atoms with Gasteiger partial charge < -0.3 is 10.1 Å². The summed E-state index contributed by atoms with van der Waals surface area (Å²) in [5, 5.41) is 2.87. The summed E-state index contributed by atoms with van der Waals surface area (Å²) in [6.07, 6.45) is 3.48. The van der Waals surface area contributed by atoms with Crippen LogP contribution in [0, 0.1) is 5.92 Å². The molecule has 0 aliphatic carbocycles. The normalized spacial score (nSPS) is 17.2. The van der Waals surface area contributed by atoms with Gasteiger partial charge in [0.2, 0.25) is 10.0 Å². The minimum Gasteiger partial charge on any atom is -0.452 e. The molecule has 0 radical (unpaired) electrons. The number of aromatic nitrogens is 1. The van der Waals surface area contributed by atoms with E-state index >= 15 is 0 Å². The molecule has 0 spiro atoms. The van der Waals surface area contributed by atoms with Crippen molar-refractivity contribution < 1.29 is 22.7 Å². The largest absolute Gasteiger partial charge is 0.452 e. The summed E-state index contributed by atoms with van der Waals surface area (Å²) in [5.41, 5.74) is 1.75. The lowest BCUT2D eigenvalue weighted by Crippen LogP contribution is -2.41. The molecule has 1 fully saturated rings. The molecule has 1 saturated heterocycles. The lowest BCUT2D eigenvalue weighted by molar-refractivity contribution is -0.158. The average molecular weight is 474 g/mol. The van der Waals surface area contributed by atoms with Gasteiger partial charge in [0.15, 0.2) is 6.10 Å². The molecule has 1 aliphatic rings. The number of benzene rings is 1.